The summed E-state index contributed by atoms with van der Waals surface area (Å²) in [7, 11) is 0. The summed E-state index contributed by atoms with van der Waals surface area (Å²) >= 11 is 1.57. The summed E-state index contributed by atoms with van der Waals surface area (Å²) in [6.45, 7) is 4.42. The molecule has 7 heteroatoms. The number of H-pyrrole nitrogens is 1. The number of carbonyl (C=O) groups is 1. The van der Waals surface area contributed by atoms with E-state index in [1.54, 1.807) is 23.7 Å². The number of anilines is 2. The molecule has 0 atom stereocenters. The van der Waals surface area contributed by atoms with Gasteiger partial charge in [0.1, 0.15) is 0 Å². The predicted molar refractivity (Wildman–Crippen MR) is 79.3 cm³/mol. The summed E-state index contributed by atoms with van der Waals surface area (Å²) in [4.78, 5) is 17.7. The average Bonchev–Trinajstić information content (AvgIpc) is 2.98. The number of aromatic nitrogens is 3. The van der Waals surface area contributed by atoms with Gasteiger partial charge in [-0.1, -0.05) is 13.8 Å². The van der Waals surface area contributed by atoms with E-state index in [1.807, 2.05) is 0 Å². The lowest BCUT2D eigenvalue weighted by Crippen LogP contribution is -2.23. The Morgan fingerprint density at radius 2 is 2.30 bits per heavy atom. The van der Waals surface area contributed by atoms with Crippen molar-refractivity contribution in [1.82, 2.24) is 15.2 Å². The smallest absolute Gasteiger partial charge is 0.305 e. The van der Waals surface area contributed by atoms with E-state index < -0.39 is 0 Å². The van der Waals surface area contributed by atoms with Crippen molar-refractivity contribution in [3.05, 3.63) is 23.0 Å². The molecule has 0 unspecified atom stereocenters. The molecule has 2 amide bonds. The average molecular weight is 291 g/mol. The van der Waals surface area contributed by atoms with Crippen molar-refractivity contribution in [3.8, 4) is 0 Å². The number of rotatable bonds is 2. The van der Waals surface area contributed by atoms with E-state index in [2.05, 4.69) is 39.7 Å². The van der Waals surface area contributed by atoms with E-state index in [0.29, 0.717) is 10.8 Å². The number of fused-ring (bicyclic) bond motifs is 1. The molecule has 0 saturated heterocycles. The lowest BCUT2D eigenvalue weighted by atomic mass is 9.79. The monoisotopic (exact) mass is 291 g/mol. The number of nitrogens with one attached hydrogen (secondary N) is 3. The first-order valence-corrected chi connectivity index (χ1v) is 7.43. The van der Waals surface area contributed by atoms with Crippen LogP contribution in [0.5, 0.6) is 0 Å². The molecule has 106 valence electrons. The van der Waals surface area contributed by atoms with Crippen LogP contribution in [0.4, 0.5) is 15.6 Å². The Morgan fingerprint density at radius 3 is 3.00 bits per heavy atom. The maximum Gasteiger partial charge on any atom is 0.325 e. The highest BCUT2D eigenvalue weighted by Gasteiger charge is 2.31. The number of thiazole rings is 1. The van der Waals surface area contributed by atoms with Gasteiger partial charge in [-0.15, -0.1) is 11.3 Å². The third-order valence-electron chi connectivity index (χ3n) is 3.52. The van der Waals surface area contributed by atoms with Crippen LogP contribution in [0, 0.1) is 0 Å². The Bertz CT molecular complexity index is 617. The topological polar surface area (TPSA) is 82.7 Å². The molecular weight excluding hydrogens is 274 g/mol. The van der Waals surface area contributed by atoms with Gasteiger partial charge >= 0.3 is 6.03 Å². The van der Waals surface area contributed by atoms with Gasteiger partial charge in [-0.3, -0.25) is 10.4 Å². The van der Waals surface area contributed by atoms with Crippen LogP contribution in [0.3, 0.4) is 0 Å². The van der Waals surface area contributed by atoms with Crippen LogP contribution < -0.4 is 10.6 Å². The van der Waals surface area contributed by atoms with E-state index in [0.717, 1.165) is 18.5 Å². The highest BCUT2D eigenvalue weighted by molar-refractivity contribution is 7.15. The largest absolute Gasteiger partial charge is 0.325 e. The SMILES string of the molecule is CC1(C)CCCc2sc(NC(=O)Nc3cn[nH]c3)nc21. The van der Waals surface area contributed by atoms with Crippen LogP contribution in [0.15, 0.2) is 12.4 Å². The lowest BCUT2D eigenvalue weighted by Gasteiger charge is -2.27. The van der Waals surface area contributed by atoms with Gasteiger partial charge < -0.3 is 5.32 Å². The second-order valence-electron chi connectivity index (χ2n) is 5.59. The molecule has 0 fully saturated rings. The summed E-state index contributed by atoms with van der Waals surface area (Å²) in [5.74, 6) is 0. The molecule has 0 spiro atoms. The van der Waals surface area contributed by atoms with E-state index in [4.69, 9.17) is 0 Å². The minimum Gasteiger partial charge on any atom is -0.305 e. The number of amides is 2. The minimum absolute atomic E-state index is 0.102. The number of carbonyl (C=O) groups excluding carboxylic acids is 1. The summed E-state index contributed by atoms with van der Waals surface area (Å²) in [6, 6.07) is -0.296. The zero-order valence-corrected chi connectivity index (χ0v) is 12.3. The molecule has 1 aliphatic rings. The summed E-state index contributed by atoms with van der Waals surface area (Å²) in [5.41, 5.74) is 1.86. The van der Waals surface area contributed by atoms with Gasteiger partial charge in [0.05, 0.1) is 17.6 Å². The zero-order chi connectivity index (χ0) is 14.2. The third kappa shape index (κ3) is 2.53. The maximum absolute atomic E-state index is 11.9. The van der Waals surface area contributed by atoms with Crippen molar-refractivity contribution in [2.24, 2.45) is 0 Å². The summed E-state index contributed by atoms with van der Waals surface area (Å²) < 4.78 is 0. The molecule has 2 aromatic heterocycles. The fraction of sp³-hybridized carbons (Fsp3) is 0.462. The number of urea groups is 1. The number of aryl methyl sites for hydroxylation is 1. The van der Waals surface area contributed by atoms with Crippen molar-refractivity contribution >= 4 is 28.2 Å². The van der Waals surface area contributed by atoms with E-state index in [1.165, 1.54) is 11.3 Å². The van der Waals surface area contributed by atoms with E-state index in [-0.39, 0.29) is 11.4 Å². The molecule has 0 radical (unpaired) electrons. The van der Waals surface area contributed by atoms with Crippen LogP contribution in [0.2, 0.25) is 0 Å². The Hall–Kier alpha value is -1.89. The number of nitrogens with zero attached hydrogens (tertiary/aromatic N) is 2. The molecule has 0 saturated carbocycles. The van der Waals surface area contributed by atoms with Gasteiger partial charge in [0.2, 0.25) is 0 Å². The number of hydrogen-bond donors (Lipinski definition) is 3. The first-order valence-electron chi connectivity index (χ1n) is 6.61. The Morgan fingerprint density at radius 1 is 1.45 bits per heavy atom. The van der Waals surface area contributed by atoms with Crippen molar-refractivity contribution in [2.75, 3.05) is 10.6 Å². The van der Waals surface area contributed by atoms with Gasteiger partial charge in [-0.25, -0.2) is 9.78 Å². The molecular formula is C13H17N5OS. The predicted octanol–water partition coefficient (Wildman–Crippen LogP) is 3.12. The molecule has 6 nitrogen and oxygen atoms in total. The standard InChI is InChI=1S/C13H17N5OS/c1-13(2)5-3-4-9-10(13)17-12(20-9)18-11(19)16-8-6-14-15-7-8/h6-7H,3-5H2,1-2H3,(H,14,15)(H2,16,17,18,19). The van der Waals surface area contributed by atoms with E-state index in [9.17, 15) is 4.79 Å². The molecule has 3 N–H and O–H groups in total. The number of hydrogen-bond acceptors (Lipinski definition) is 4. The van der Waals surface area contributed by atoms with Gasteiger partial charge in [-0.2, -0.15) is 5.10 Å². The van der Waals surface area contributed by atoms with Crippen LogP contribution in [0.25, 0.3) is 0 Å². The molecule has 2 heterocycles. The normalized spacial score (nSPS) is 16.5. The molecule has 20 heavy (non-hydrogen) atoms. The fourth-order valence-electron chi connectivity index (χ4n) is 2.49. The third-order valence-corrected chi connectivity index (χ3v) is 4.55. The van der Waals surface area contributed by atoms with Crippen molar-refractivity contribution in [1.29, 1.82) is 0 Å². The minimum atomic E-state index is -0.296. The van der Waals surface area contributed by atoms with Gasteiger partial charge in [-0.05, 0) is 19.3 Å². The summed E-state index contributed by atoms with van der Waals surface area (Å²) in [5, 5.41) is 12.6. The molecule has 1 aliphatic carbocycles. The molecule has 0 aliphatic heterocycles. The van der Waals surface area contributed by atoms with Crippen molar-refractivity contribution < 1.29 is 4.79 Å². The first kappa shape index (κ1) is 13.1. The fourth-order valence-corrected chi connectivity index (χ4v) is 3.67. The van der Waals surface area contributed by atoms with Crippen molar-refractivity contribution in [2.45, 2.75) is 38.5 Å². The van der Waals surface area contributed by atoms with Crippen LogP contribution >= 0.6 is 11.3 Å². The Labute approximate surface area is 121 Å². The molecule has 2 aromatic rings. The molecule has 0 aromatic carbocycles. The number of aromatic amines is 1. The van der Waals surface area contributed by atoms with Gasteiger partial charge in [0.15, 0.2) is 5.13 Å². The van der Waals surface area contributed by atoms with Gasteiger partial charge in [0, 0.05) is 16.5 Å². The highest BCUT2D eigenvalue weighted by atomic mass is 32.1. The second kappa shape index (κ2) is 4.90. The molecule has 0 bridgehead atoms. The van der Waals surface area contributed by atoms with Crippen molar-refractivity contribution in [3.63, 3.8) is 0 Å². The van der Waals surface area contributed by atoms with Crippen LogP contribution in [-0.2, 0) is 11.8 Å². The Balaban J connectivity index is 1.72. The quantitative estimate of drug-likeness (QED) is 0.795. The highest BCUT2D eigenvalue weighted by Crippen LogP contribution is 2.40. The van der Waals surface area contributed by atoms with Crippen LogP contribution in [0.1, 0.15) is 37.3 Å². The Kier molecular flexibility index (Phi) is 3.21. The van der Waals surface area contributed by atoms with E-state index >= 15 is 0 Å². The first-order chi connectivity index (χ1) is 9.54. The summed E-state index contributed by atoms with van der Waals surface area (Å²) in [6.07, 6.45) is 6.56. The molecule has 3 rings (SSSR count). The van der Waals surface area contributed by atoms with Crippen LogP contribution in [-0.4, -0.2) is 21.2 Å². The van der Waals surface area contributed by atoms with Gasteiger partial charge in [0.25, 0.3) is 0 Å². The zero-order valence-electron chi connectivity index (χ0n) is 11.5. The lowest BCUT2D eigenvalue weighted by molar-refractivity contribution is 0.262. The maximum atomic E-state index is 11.9. The second-order valence-corrected chi connectivity index (χ2v) is 6.68.